The normalized spacial score (nSPS) is 42.3. The lowest BCUT2D eigenvalue weighted by Gasteiger charge is -2.38. The third-order valence-corrected chi connectivity index (χ3v) is 8.59. The molecule has 8 atom stereocenters. The topological polar surface area (TPSA) is 85.9 Å². The molecule has 3 saturated heterocycles. The molecule has 5 aliphatic rings. The van der Waals surface area contributed by atoms with Gasteiger partial charge in [-0.15, -0.1) is 0 Å². The summed E-state index contributed by atoms with van der Waals surface area (Å²) in [6.45, 7) is 1.64. The number of piperidine rings is 1. The Balaban J connectivity index is 1.22. The molecule has 0 radical (unpaired) electrons. The third-order valence-electron chi connectivity index (χ3n) is 8.59. The molecule has 8 nitrogen and oxygen atoms in total. The highest BCUT2D eigenvalue weighted by atomic mass is 19.2. The summed E-state index contributed by atoms with van der Waals surface area (Å²) in [6.07, 6.45) is 0.665. The van der Waals surface area contributed by atoms with Crippen LogP contribution in [0.3, 0.4) is 0 Å². The van der Waals surface area contributed by atoms with Gasteiger partial charge < -0.3 is 19.9 Å². The van der Waals surface area contributed by atoms with Crippen LogP contribution < -0.4 is 16.2 Å². The fraction of sp³-hybridized carbons (Fsp3) is 0.909. The van der Waals surface area contributed by atoms with E-state index in [9.17, 15) is 18.4 Å². The number of methoxy groups -OCH3 is 1. The quantitative estimate of drug-likeness (QED) is 0.547. The van der Waals surface area contributed by atoms with Crippen molar-refractivity contribution < 1.29 is 23.1 Å². The zero-order valence-electron chi connectivity index (χ0n) is 18.9. The summed E-state index contributed by atoms with van der Waals surface area (Å²) >= 11 is 0. The number of hydrazine groups is 1. The third kappa shape index (κ3) is 3.82. The Morgan fingerprint density at radius 3 is 2.59 bits per heavy atom. The molecule has 32 heavy (non-hydrogen) atoms. The van der Waals surface area contributed by atoms with Crippen molar-refractivity contribution in [3.8, 4) is 0 Å². The second-order valence-electron chi connectivity index (χ2n) is 10.5. The number of nitrogens with zero attached hydrogens (tertiary/aromatic N) is 2. The monoisotopic (exact) mass is 455 g/mol. The van der Waals surface area contributed by atoms with Crippen LogP contribution in [0.1, 0.15) is 38.5 Å². The van der Waals surface area contributed by atoms with Gasteiger partial charge in [0.25, 0.3) is 0 Å². The van der Waals surface area contributed by atoms with Crippen LogP contribution in [-0.2, 0) is 14.3 Å². The number of likely N-dealkylation sites (tertiary alicyclic amines) is 1. The van der Waals surface area contributed by atoms with Crippen LogP contribution in [0.25, 0.3) is 0 Å². The predicted octanol–water partition coefficient (Wildman–Crippen LogP) is 0.134. The first-order valence-electron chi connectivity index (χ1n) is 11.9. The van der Waals surface area contributed by atoms with E-state index in [0.29, 0.717) is 26.1 Å². The highest BCUT2D eigenvalue weighted by Gasteiger charge is 2.53. The molecule has 3 heterocycles. The van der Waals surface area contributed by atoms with Crippen molar-refractivity contribution >= 4 is 11.8 Å². The molecule has 3 aliphatic heterocycles. The van der Waals surface area contributed by atoms with E-state index in [0.717, 1.165) is 19.3 Å². The Labute approximate surface area is 187 Å². The molecule has 0 bridgehead atoms. The largest absolute Gasteiger partial charge is 0.382 e. The lowest BCUT2D eigenvalue weighted by Crippen LogP contribution is -2.56. The number of hydrogen-bond donors (Lipinski definition) is 3. The number of hydrogen-bond acceptors (Lipinski definition) is 6. The zero-order valence-corrected chi connectivity index (χ0v) is 18.9. The highest BCUT2D eigenvalue weighted by Crippen LogP contribution is 2.42. The van der Waals surface area contributed by atoms with Crippen molar-refractivity contribution in [2.24, 2.45) is 11.8 Å². The number of amides is 2. The van der Waals surface area contributed by atoms with Crippen LogP contribution in [0, 0.1) is 11.8 Å². The smallest absolute Gasteiger partial charge is 0.241 e. The summed E-state index contributed by atoms with van der Waals surface area (Å²) in [4.78, 5) is 30.3. The lowest BCUT2D eigenvalue weighted by atomic mass is 9.82. The van der Waals surface area contributed by atoms with E-state index in [4.69, 9.17) is 4.74 Å². The molecular weight excluding hydrogens is 420 g/mol. The molecule has 8 unspecified atom stereocenters. The Morgan fingerprint density at radius 2 is 1.88 bits per heavy atom. The number of carbonyl (C=O) groups excluding carboxylic acids is 2. The molecular formula is C22H35F2N5O3. The molecule has 0 aromatic rings. The summed E-state index contributed by atoms with van der Waals surface area (Å²) in [5.74, 6) is 0.0157. The molecule has 2 amide bonds. The number of rotatable bonds is 5. The van der Waals surface area contributed by atoms with Crippen LogP contribution in [-0.4, -0.2) is 97.5 Å². The molecule has 10 heteroatoms. The van der Waals surface area contributed by atoms with Crippen molar-refractivity contribution in [1.29, 1.82) is 0 Å². The van der Waals surface area contributed by atoms with E-state index in [1.54, 1.807) is 7.11 Å². The van der Waals surface area contributed by atoms with Gasteiger partial charge in [-0.1, -0.05) is 0 Å². The minimum atomic E-state index is -1.44. The van der Waals surface area contributed by atoms with E-state index >= 15 is 0 Å². The number of alkyl halides is 2. The summed E-state index contributed by atoms with van der Waals surface area (Å²) in [5, 5.41) is 3.28. The van der Waals surface area contributed by atoms with E-state index in [1.807, 2.05) is 16.8 Å². The summed E-state index contributed by atoms with van der Waals surface area (Å²) < 4.78 is 32.9. The van der Waals surface area contributed by atoms with Crippen LogP contribution >= 0.6 is 0 Å². The second-order valence-corrected chi connectivity index (χ2v) is 10.5. The van der Waals surface area contributed by atoms with E-state index in [-0.39, 0.29) is 54.1 Å². The van der Waals surface area contributed by atoms with Crippen molar-refractivity contribution in [3.63, 3.8) is 0 Å². The molecule has 180 valence electrons. The maximum atomic E-state index is 13.8. The number of halogens is 2. The molecule has 0 spiro atoms. The molecule has 2 aliphatic carbocycles. The molecule has 5 fully saturated rings. The lowest BCUT2D eigenvalue weighted by molar-refractivity contribution is -0.140. The van der Waals surface area contributed by atoms with Gasteiger partial charge in [0.1, 0.15) is 18.4 Å². The maximum absolute atomic E-state index is 13.8. The van der Waals surface area contributed by atoms with Gasteiger partial charge in [-0.25, -0.2) is 14.2 Å². The first kappa shape index (κ1) is 22.4. The van der Waals surface area contributed by atoms with E-state index in [2.05, 4.69) is 16.2 Å². The van der Waals surface area contributed by atoms with Crippen molar-refractivity contribution in [1.82, 2.24) is 26.0 Å². The number of likely N-dealkylation sites (N-methyl/N-ethyl adjacent to an activating group) is 1. The zero-order chi connectivity index (χ0) is 22.6. The predicted molar refractivity (Wildman–Crippen MR) is 113 cm³/mol. The van der Waals surface area contributed by atoms with Crippen LogP contribution in [0.5, 0.6) is 0 Å². The van der Waals surface area contributed by atoms with E-state index in [1.165, 1.54) is 0 Å². The average Bonchev–Trinajstić information content (AvgIpc) is 3.26. The minimum absolute atomic E-state index is 0.00633. The molecule has 0 aromatic heterocycles. The van der Waals surface area contributed by atoms with Crippen molar-refractivity contribution in [3.05, 3.63) is 0 Å². The second kappa shape index (κ2) is 8.45. The minimum Gasteiger partial charge on any atom is -0.382 e. The van der Waals surface area contributed by atoms with Gasteiger partial charge in [-0.05, 0) is 44.4 Å². The van der Waals surface area contributed by atoms with Gasteiger partial charge in [-0.3, -0.25) is 15.0 Å². The molecule has 0 aromatic carbocycles. The Hall–Kier alpha value is -1.36. The Bertz CT molecular complexity index is 735. The van der Waals surface area contributed by atoms with Crippen LogP contribution in [0.2, 0.25) is 0 Å². The van der Waals surface area contributed by atoms with Gasteiger partial charge in [0.2, 0.25) is 11.8 Å². The fourth-order valence-corrected chi connectivity index (χ4v) is 6.35. The van der Waals surface area contributed by atoms with Gasteiger partial charge in [-0.2, -0.15) is 0 Å². The van der Waals surface area contributed by atoms with Gasteiger partial charge in [0.05, 0.1) is 18.2 Å². The average molecular weight is 456 g/mol. The summed E-state index contributed by atoms with van der Waals surface area (Å²) in [6, 6.07) is -0.780. The first-order valence-corrected chi connectivity index (χ1v) is 11.9. The van der Waals surface area contributed by atoms with E-state index < -0.39 is 24.4 Å². The SMILES string of the molecule is COCC1(N(C)C(=O)C2NNC3CCN(C(=O)C4CC5CC(F)C(F)CC5N4)CC32)CC1. The Morgan fingerprint density at radius 1 is 1.12 bits per heavy atom. The number of nitrogens with one attached hydrogen (secondary N) is 3. The summed E-state index contributed by atoms with van der Waals surface area (Å²) in [7, 11) is 3.50. The number of ether oxygens (including phenoxy) is 1. The van der Waals surface area contributed by atoms with Crippen LogP contribution in [0.4, 0.5) is 8.78 Å². The Kier molecular flexibility index (Phi) is 5.92. The van der Waals surface area contributed by atoms with Gasteiger partial charge >= 0.3 is 0 Å². The summed E-state index contributed by atoms with van der Waals surface area (Å²) in [5.41, 5.74) is 6.24. The van der Waals surface area contributed by atoms with Crippen LogP contribution in [0.15, 0.2) is 0 Å². The molecule has 2 saturated carbocycles. The number of carbonyl (C=O) groups is 2. The number of fused-ring (bicyclic) bond motifs is 2. The fourth-order valence-electron chi connectivity index (χ4n) is 6.35. The molecule has 3 N–H and O–H groups in total. The maximum Gasteiger partial charge on any atom is 0.241 e. The molecule has 5 rings (SSSR count). The standard InChI is InChI=1S/C22H35F2N5O3/c1-28(22(4-5-22)11-32-2)21(31)19-13-10-29(6-3-16(13)26-27-19)20(30)18-8-12-7-14(23)15(24)9-17(12)25-18/h12-19,25-27H,3-11H2,1-2H3. The first-order chi connectivity index (χ1) is 15.3. The van der Waals surface area contributed by atoms with Crippen molar-refractivity contribution in [2.75, 3.05) is 33.9 Å². The highest BCUT2D eigenvalue weighted by molar-refractivity contribution is 5.85. The van der Waals surface area contributed by atoms with Gasteiger partial charge in [0.15, 0.2) is 0 Å². The van der Waals surface area contributed by atoms with Crippen molar-refractivity contribution in [2.45, 2.75) is 80.6 Å². The van der Waals surface area contributed by atoms with Gasteiger partial charge in [0, 0.05) is 45.2 Å².